The first-order valence-corrected chi connectivity index (χ1v) is 7.76. The van der Waals surface area contributed by atoms with Crippen LogP contribution in [-0.4, -0.2) is 32.7 Å². The summed E-state index contributed by atoms with van der Waals surface area (Å²) in [4.78, 5) is 19.7. The van der Waals surface area contributed by atoms with Gasteiger partial charge in [0.25, 0.3) is 0 Å². The average Bonchev–Trinajstić information content (AvgIpc) is 2.77. The number of carboxylic acid groups (broad SMARTS) is 1. The molecule has 1 aromatic carbocycles. The van der Waals surface area contributed by atoms with Gasteiger partial charge < -0.3 is 9.84 Å². The van der Waals surface area contributed by atoms with Gasteiger partial charge in [-0.2, -0.15) is 0 Å². The second-order valence-electron chi connectivity index (χ2n) is 5.17. The summed E-state index contributed by atoms with van der Waals surface area (Å²) in [6.07, 6.45) is -0.128. The second-order valence-corrected chi connectivity index (χ2v) is 5.94. The van der Waals surface area contributed by atoms with Crippen LogP contribution in [0, 0.1) is 6.92 Å². The molecule has 6 nitrogen and oxygen atoms in total. The molecule has 0 atom stereocenters. The minimum Gasteiger partial charge on any atom is -0.497 e. The quantitative estimate of drug-likeness (QED) is 0.713. The Labute approximate surface area is 147 Å². The number of ether oxygens (including phenoxy) is 1. The van der Waals surface area contributed by atoms with Crippen molar-refractivity contribution in [3.8, 4) is 11.7 Å². The van der Waals surface area contributed by atoms with E-state index in [1.165, 1.54) is 6.07 Å². The Balaban J connectivity index is 2.35. The standard InChI is InChI=1S/C16H13Cl2N3O3/c1-8-10(6-15(22)23)11-5-9(24-2)3-4-12(11)21(8)16-19-13(17)7-14(18)20-16/h3-5,7H,6H2,1-2H3,(H,22,23). The Hall–Kier alpha value is -2.31. The molecule has 0 saturated carbocycles. The first kappa shape index (κ1) is 16.5. The fraction of sp³-hybridized carbons (Fsp3) is 0.188. The van der Waals surface area contributed by atoms with E-state index in [-0.39, 0.29) is 22.7 Å². The number of carbonyl (C=O) groups is 1. The van der Waals surface area contributed by atoms with Gasteiger partial charge in [0.15, 0.2) is 0 Å². The molecule has 2 heterocycles. The van der Waals surface area contributed by atoms with Crippen LogP contribution in [0.3, 0.4) is 0 Å². The summed E-state index contributed by atoms with van der Waals surface area (Å²) in [5.74, 6) is -0.00171. The Morgan fingerprint density at radius 3 is 2.50 bits per heavy atom. The lowest BCUT2D eigenvalue weighted by Crippen LogP contribution is -2.05. The smallest absolute Gasteiger partial charge is 0.307 e. The lowest BCUT2D eigenvalue weighted by molar-refractivity contribution is -0.136. The van der Waals surface area contributed by atoms with Crippen LogP contribution in [0.25, 0.3) is 16.9 Å². The van der Waals surface area contributed by atoms with E-state index < -0.39 is 5.97 Å². The van der Waals surface area contributed by atoms with Crippen LogP contribution in [0.1, 0.15) is 11.3 Å². The minimum absolute atomic E-state index is 0.128. The van der Waals surface area contributed by atoms with Crippen LogP contribution in [0.5, 0.6) is 5.75 Å². The third kappa shape index (κ3) is 2.90. The Morgan fingerprint density at radius 1 is 1.25 bits per heavy atom. The summed E-state index contributed by atoms with van der Waals surface area (Å²) in [5.41, 5.74) is 2.12. The molecule has 0 saturated heterocycles. The molecule has 0 aliphatic carbocycles. The van der Waals surface area contributed by atoms with E-state index in [4.69, 9.17) is 27.9 Å². The number of rotatable bonds is 4. The van der Waals surface area contributed by atoms with Crippen molar-refractivity contribution >= 4 is 40.1 Å². The Morgan fingerprint density at radius 2 is 1.92 bits per heavy atom. The molecule has 0 unspecified atom stereocenters. The SMILES string of the molecule is COc1ccc2c(c1)c(CC(=O)O)c(C)n2-c1nc(Cl)cc(Cl)n1. The van der Waals surface area contributed by atoms with Gasteiger partial charge in [-0.15, -0.1) is 0 Å². The first-order valence-electron chi connectivity index (χ1n) is 7.01. The summed E-state index contributed by atoms with van der Waals surface area (Å²) in [6.45, 7) is 1.81. The summed E-state index contributed by atoms with van der Waals surface area (Å²) >= 11 is 12.0. The van der Waals surface area contributed by atoms with Crippen molar-refractivity contribution in [1.82, 2.24) is 14.5 Å². The van der Waals surface area contributed by atoms with E-state index in [1.807, 2.05) is 13.0 Å². The highest BCUT2D eigenvalue weighted by Gasteiger charge is 2.20. The number of carboxylic acids is 1. The highest BCUT2D eigenvalue weighted by Crippen LogP contribution is 2.32. The number of benzene rings is 1. The third-order valence-electron chi connectivity index (χ3n) is 3.72. The predicted molar refractivity (Wildman–Crippen MR) is 91.5 cm³/mol. The normalized spacial score (nSPS) is 11.0. The number of aromatic nitrogens is 3. The van der Waals surface area contributed by atoms with Gasteiger partial charge in [-0.25, -0.2) is 9.97 Å². The predicted octanol–water partition coefficient (Wildman–Crippen LogP) is 3.67. The third-order valence-corrected chi connectivity index (χ3v) is 4.11. The monoisotopic (exact) mass is 365 g/mol. The summed E-state index contributed by atoms with van der Waals surface area (Å²) < 4.78 is 6.99. The summed E-state index contributed by atoms with van der Waals surface area (Å²) in [7, 11) is 1.56. The number of methoxy groups -OCH3 is 1. The molecule has 8 heteroatoms. The number of nitrogens with zero attached hydrogens (tertiary/aromatic N) is 3. The maximum atomic E-state index is 11.3. The molecule has 1 N–H and O–H groups in total. The van der Waals surface area contributed by atoms with E-state index in [1.54, 1.807) is 23.8 Å². The van der Waals surface area contributed by atoms with Crippen LogP contribution >= 0.6 is 23.2 Å². The van der Waals surface area contributed by atoms with Crippen molar-refractivity contribution in [1.29, 1.82) is 0 Å². The van der Waals surface area contributed by atoms with Crippen LogP contribution < -0.4 is 4.74 Å². The van der Waals surface area contributed by atoms with Crippen LogP contribution in [-0.2, 0) is 11.2 Å². The van der Waals surface area contributed by atoms with Crippen molar-refractivity contribution in [2.24, 2.45) is 0 Å². The highest BCUT2D eigenvalue weighted by atomic mass is 35.5. The molecule has 0 radical (unpaired) electrons. The van der Waals surface area contributed by atoms with Gasteiger partial charge in [-0.1, -0.05) is 23.2 Å². The van der Waals surface area contributed by atoms with Gasteiger partial charge in [-0.3, -0.25) is 9.36 Å². The van der Waals surface area contributed by atoms with Crippen molar-refractivity contribution in [3.63, 3.8) is 0 Å². The lowest BCUT2D eigenvalue weighted by Gasteiger charge is -2.07. The largest absolute Gasteiger partial charge is 0.497 e. The van der Waals surface area contributed by atoms with E-state index in [2.05, 4.69) is 9.97 Å². The molecule has 2 aromatic heterocycles. The van der Waals surface area contributed by atoms with Crippen molar-refractivity contribution in [2.75, 3.05) is 7.11 Å². The molecule has 3 rings (SSSR count). The van der Waals surface area contributed by atoms with Gasteiger partial charge in [-0.05, 0) is 30.7 Å². The number of aliphatic carboxylic acids is 1. The molecular weight excluding hydrogens is 353 g/mol. The van der Waals surface area contributed by atoms with Crippen LogP contribution in [0.15, 0.2) is 24.3 Å². The molecule has 124 valence electrons. The fourth-order valence-corrected chi connectivity index (χ4v) is 3.11. The van der Waals surface area contributed by atoms with Crippen LogP contribution in [0.2, 0.25) is 10.3 Å². The average molecular weight is 366 g/mol. The molecule has 0 spiro atoms. The van der Waals surface area contributed by atoms with E-state index in [9.17, 15) is 9.90 Å². The van der Waals surface area contributed by atoms with E-state index >= 15 is 0 Å². The number of hydrogen-bond acceptors (Lipinski definition) is 4. The summed E-state index contributed by atoms with van der Waals surface area (Å²) in [6, 6.07) is 6.84. The molecule has 0 amide bonds. The van der Waals surface area contributed by atoms with Gasteiger partial charge in [0.05, 0.1) is 19.0 Å². The molecule has 0 aliphatic heterocycles. The molecule has 3 aromatic rings. The number of halogens is 2. The minimum atomic E-state index is -0.926. The zero-order chi connectivity index (χ0) is 17.4. The number of hydrogen-bond donors (Lipinski definition) is 1. The maximum absolute atomic E-state index is 11.3. The fourth-order valence-electron chi connectivity index (χ4n) is 2.70. The molecule has 0 bridgehead atoms. The zero-order valence-electron chi connectivity index (χ0n) is 12.9. The van der Waals surface area contributed by atoms with Crippen molar-refractivity contribution in [3.05, 3.63) is 45.8 Å². The molecule has 24 heavy (non-hydrogen) atoms. The van der Waals surface area contributed by atoms with Gasteiger partial charge >= 0.3 is 5.97 Å². The molecule has 0 fully saturated rings. The molecule has 0 aliphatic rings. The van der Waals surface area contributed by atoms with Gasteiger partial charge in [0.2, 0.25) is 5.95 Å². The summed E-state index contributed by atoms with van der Waals surface area (Å²) in [5, 5.41) is 10.4. The van der Waals surface area contributed by atoms with Gasteiger partial charge in [0, 0.05) is 17.1 Å². The topological polar surface area (TPSA) is 77.2 Å². The molecular formula is C16H13Cl2N3O3. The highest BCUT2D eigenvalue weighted by molar-refractivity contribution is 6.33. The lowest BCUT2D eigenvalue weighted by atomic mass is 10.1. The van der Waals surface area contributed by atoms with E-state index in [0.29, 0.717) is 17.0 Å². The maximum Gasteiger partial charge on any atom is 0.307 e. The van der Waals surface area contributed by atoms with Crippen molar-refractivity contribution < 1.29 is 14.6 Å². The Kier molecular flexibility index (Phi) is 4.34. The van der Waals surface area contributed by atoms with Crippen molar-refractivity contribution in [2.45, 2.75) is 13.3 Å². The van der Waals surface area contributed by atoms with E-state index in [0.717, 1.165) is 10.9 Å². The zero-order valence-corrected chi connectivity index (χ0v) is 14.4. The van der Waals surface area contributed by atoms with Gasteiger partial charge in [0.1, 0.15) is 16.1 Å². The number of fused-ring (bicyclic) bond motifs is 1. The van der Waals surface area contributed by atoms with Crippen LogP contribution in [0.4, 0.5) is 0 Å². The first-order chi connectivity index (χ1) is 11.4. The Bertz CT molecular complexity index is 933. The second kappa shape index (κ2) is 6.30.